The van der Waals surface area contributed by atoms with Gasteiger partial charge >= 0.3 is 0 Å². The smallest absolute Gasteiger partial charge is 0.254 e. The number of carbonyl (C=O) groups is 2. The third-order valence-corrected chi connectivity index (χ3v) is 6.76. The van der Waals surface area contributed by atoms with Gasteiger partial charge in [0.05, 0.1) is 19.2 Å². The Morgan fingerprint density at radius 1 is 1.19 bits per heavy atom. The molecule has 0 unspecified atom stereocenters. The van der Waals surface area contributed by atoms with Crippen molar-refractivity contribution in [3.8, 4) is 17.0 Å². The summed E-state index contributed by atoms with van der Waals surface area (Å²) in [6, 6.07) is 9.06. The van der Waals surface area contributed by atoms with Crippen molar-refractivity contribution >= 4 is 21.7 Å². The van der Waals surface area contributed by atoms with E-state index in [4.69, 9.17) is 10.5 Å². The molecule has 2 N–H and O–H groups in total. The fourth-order valence-electron chi connectivity index (χ4n) is 4.08. The van der Waals surface area contributed by atoms with Crippen LogP contribution in [-0.2, 0) is 26.9 Å². The third kappa shape index (κ3) is 6.70. The van der Waals surface area contributed by atoms with Gasteiger partial charge in [0.1, 0.15) is 17.5 Å². The number of primary amides is 1. The molecule has 12 heteroatoms. The number of amides is 2. The van der Waals surface area contributed by atoms with E-state index < -0.39 is 28.0 Å². The Morgan fingerprint density at radius 3 is 2.57 bits per heavy atom. The molecular weight excluding hydrogens is 501 g/mol. The summed E-state index contributed by atoms with van der Waals surface area (Å²) in [6.45, 7) is 2.14. The number of piperidine rings is 1. The zero-order chi connectivity index (χ0) is 26.7. The van der Waals surface area contributed by atoms with E-state index in [9.17, 15) is 18.0 Å². The van der Waals surface area contributed by atoms with Gasteiger partial charge in [0.2, 0.25) is 11.8 Å². The third-order valence-electron chi connectivity index (χ3n) is 6.02. The number of sulfone groups is 1. The predicted octanol–water partition coefficient (Wildman–Crippen LogP) is 1.92. The van der Waals surface area contributed by atoms with E-state index in [1.165, 1.54) is 34.2 Å². The van der Waals surface area contributed by atoms with Crippen molar-refractivity contribution in [2.75, 3.05) is 19.3 Å². The molecule has 1 aliphatic heterocycles. The van der Waals surface area contributed by atoms with Gasteiger partial charge in [-0.25, -0.2) is 17.8 Å². The predicted molar refractivity (Wildman–Crippen MR) is 134 cm³/mol. The largest absolute Gasteiger partial charge is 0.471 e. The molecular formula is C25H28FN5O5S. The second kappa shape index (κ2) is 10.7. The van der Waals surface area contributed by atoms with Gasteiger partial charge in [0, 0.05) is 42.7 Å². The molecule has 2 amide bonds. The highest BCUT2D eigenvalue weighted by atomic mass is 32.2. The number of hydrogen-bond donors (Lipinski definition) is 1. The zero-order valence-electron chi connectivity index (χ0n) is 20.5. The summed E-state index contributed by atoms with van der Waals surface area (Å²) in [4.78, 5) is 30.4. The molecule has 1 fully saturated rings. The number of aromatic nitrogens is 3. The van der Waals surface area contributed by atoms with Crippen molar-refractivity contribution < 1.29 is 27.1 Å². The Labute approximate surface area is 214 Å². The summed E-state index contributed by atoms with van der Waals surface area (Å²) in [7, 11) is -3.29. The molecule has 2 atom stereocenters. The molecule has 1 aliphatic rings. The maximum atomic E-state index is 15.0. The molecule has 0 saturated carbocycles. The Morgan fingerprint density at radius 2 is 1.92 bits per heavy atom. The minimum absolute atomic E-state index is 0.0431. The number of benzene rings is 1. The number of nitrogens with zero attached hydrogens (tertiary/aromatic N) is 4. The first-order chi connectivity index (χ1) is 17.5. The summed E-state index contributed by atoms with van der Waals surface area (Å²) in [5.74, 6) is -1.38. The van der Waals surface area contributed by atoms with Crippen LogP contribution in [0.1, 0.15) is 27.9 Å². The van der Waals surface area contributed by atoms with Gasteiger partial charge in [-0.3, -0.25) is 14.3 Å². The van der Waals surface area contributed by atoms with E-state index in [2.05, 4.69) is 10.1 Å². The number of aryl methyl sites for hydroxylation is 1. The van der Waals surface area contributed by atoms with E-state index in [1.54, 1.807) is 0 Å². The lowest BCUT2D eigenvalue weighted by Gasteiger charge is -2.34. The highest BCUT2D eigenvalue weighted by Crippen LogP contribution is 2.27. The lowest BCUT2D eigenvalue weighted by Crippen LogP contribution is -2.49. The topological polar surface area (TPSA) is 137 Å². The Balaban J connectivity index is 1.43. The minimum atomic E-state index is -3.29. The molecule has 37 heavy (non-hydrogen) atoms. The zero-order valence-corrected chi connectivity index (χ0v) is 21.3. The van der Waals surface area contributed by atoms with Crippen LogP contribution in [0.25, 0.3) is 11.1 Å². The van der Waals surface area contributed by atoms with Gasteiger partial charge in [0.25, 0.3) is 5.91 Å². The van der Waals surface area contributed by atoms with Gasteiger partial charge in [-0.05, 0) is 18.6 Å². The SMILES string of the molecule is Cc1ccc(CC(=O)N2CC[C@@H](Oc3ncc(-c4cnn(CS(C)(=O)=O)c4)cc3C(N)=O)[C@@H](F)C2)cc1. The van der Waals surface area contributed by atoms with Crippen LogP contribution in [0.5, 0.6) is 5.88 Å². The van der Waals surface area contributed by atoms with E-state index in [0.29, 0.717) is 17.7 Å². The van der Waals surface area contributed by atoms with Crippen molar-refractivity contribution in [3.05, 3.63) is 65.6 Å². The molecule has 0 bridgehead atoms. The van der Waals surface area contributed by atoms with Crippen LogP contribution in [0.15, 0.2) is 48.9 Å². The summed E-state index contributed by atoms with van der Waals surface area (Å²) < 4.78 is 45.0. The summed E-state index contributed by atoms with van der Waals surface area (Å²) in [5.41, 5.74) is 8.43. The van der Waals surface area contributed by atoms with E-state index in [1.807, 2.05) is 31.2 Å². The maximum Gasteiger partial charge on any atom is 0.254 e. The highest BCUT2D eigenvalue weighted by molar-refractivity contribution is 7.89. The number of pyridine rings is 1. The first kappa shape index (κ1) is 26.3. The second-order valence-electron chi connectivity index (χ2n) is 9.23. The van der Waals surface area contributed by atoms with Crippen molar-refractivity contribution in [1.29, 1.82) is 0 Å². The molecule has 3 heterocycles. The first-order valence-corrected chi connectivity index (χ1v) is 13.7. The van der Waals surface area contributed by atoms with Crippen molar-refractivity contribution in [3.63, 3.8) is 0 Å². The molecule has 2 aromatic heterocycles. The maximum absolute atomic E-state index is 15.0. The number of hydrogen-bond acceptors (Lipinski definition) is 7. The van der Waals surface area contributed by atoms with Gasteiger partial charge < -0.3 is 15.4 Å². The van der Waals surface area contributed by atoms with Gasteiger partial charge in [0.15, 0.2) is 16.0 Å². The van der Waals surface area contributed by atoms with Crippen molar-refractivity contribution in [2.24, 2.45) is 5.73 Å². The number of ether oxygens (including phenoxy) is 1. The van der Waals surface area contributed by atoms with Gasteiger partial charge in [-0.2, -0.15) is 5.10 Å². The fraction of sp³-hybridized carbons (Fsp3) is 0.360. The average molecular weight is 530 g/mol. The lowest BCUT2D eigenvalue weighted by molar-refractivity contribution is -0.134. The van der Waals surface area contributed by atoms with Crippen molar-refractivity contribution in [2.45, 2.75) is 37.9 Å². The monoisotopic (exact) mass is 529 g/mol. The standard InChI is InChI=1S/C25H28FN5O5S/c1-16-3-5-17(6-4-16)9-23(32)30-8-7-22(21(26)14-30)36-25-20(24(27)33)10-18(11-28-25)19-12-29-31(13-19)15-37(2,34)35/h3-6,10-13,21-22H,7-9,14-15H2,1-2H3,(H2,27,33)/t21-,22+/m0/s1. The van der Waals surface area contributed by atoms with Crippen LogP contribution in [0.3, 0.4) is 0 Å². The minimum Gasteiger partial charge on any atom is -0.471 e. The average Bonchev–Trinajstić information content (AvgIpc) is 3.28. The molecule has 1 aromatic carbocycles. The normalized spacial score (nSPS) is 18.0. The summed E-state index contributed by atoms with van der Waals surface area (Å²) >= 11 is 0. The van der Waals surface area contributed by atoms with Crippen LogP contribution in [0, 0.1) is 6.92 Å². The molecule has 4 rings (SSSR count). The van der Waals surface area contributed by atoms with Crippen LogP contribution >= 0.6 is 0 Å². The first-order valence-electron chi connectivity index (χ1n) is 11.6. The number of rotatable bonds is 8. The van der Waals surface area contributed by atoms with Gasteiger partial charge in [-0.15, -0.1) is 0 Å². The number of carbonyl (C=O) groups excluding carboxylic acids is 2. The molecule has 0 spiro atoms. The van der Waals surface area contributed by atoms with Crippen LogP contribution in [-0.4, -0.2) is 71.5 Å². The number of nitrogens with two attached hydrogens (primary N) is 1. The fourth-order valence-corrected chi connectivity index (χ4v) is 4.70. The lowest BCUT2D eigenvalue weighted by atomic mass is 10.0. The Hall–Kier alpha value is -3.80. The molecule has 196 valence electrons. The molecule has 3 aromatic rings. The van der Waals surface area contributed by atoms with Crippen LogP contribution in [0.2, 0.25) is 0 Å². The highest BCUT2D eigenvalue weighted by Gasteiger charge is 2.34. The van der Waals surface area contributed by atoms with Crippen molar-refractivity contribution in [1.82, 2.24) is 19.7 Å². The molecule has 0 aliphatic carbocycles. The summed E-state index contributed by atoms with van der Waals surface area (Å²) in [6.07, 6.45) is 3.48. The Bertz CT molecular complexity index is 1410. The van der Waals surface area contributed by atoms with E-state index in [-0.39, 0.29) is 42.6 Å². The number of alkyl halides is 1. The second-order valence-corrected chi connectivity index (χ2v) is 11.3. The summed E-state index contributed by atoms with van der Waals surface area (Å²) in [5, 5.41) is 4.01. The number of likely N-dealkylation sites (tertiary alicyclic amines) is 1. The van der Waals surface area contributed by atoms with Gasteiger partial charge in [-0.1, -0.05) is 29.8 Å². The van der Waals surface area contributed by atoms with E-state index in [0.717, 1.165) is 17.4 Å². The quantitative estimate of drug-likeness (QED) is 0.471. The Kier molecular flexibility index (Phi) is 7.58. The number of halogens is 1. The van der Waals surface area contributed by atoms with E-state index >= 15 is 4.39 Å². The molecule has 10 nitrogen and oxygen atoms in total. The molecule has 0 radical (unpaired) electrons. The van der Waals surface area contributed by atoms with Crippen LogP contribution in [0.4, 0.5) is 4.39 Å². The molecule has 1 saturated heterocycles. The van der Waals surface area contributed by atoms with Crippen LogP contribution < -0.4 is 10.5 Å².